The first kappa shape index (κ1) is 23.0. The molecule has 2 aromatic carbocycles. The van der Waals surface area contributed by atoms with Crippen molar-refractivity contribution in [1.29, 1.82) is 0 Å². The summed E-state index contributed by atoms with van der Waals surface area (Å²) in [6, 6.07) is 11.9. The molecule has 1 atom stereocenters. The third-order valence-corrected chi connectivity index (χ3v) is 4.73. The molecule has 0 unspecified atom stereocenters. The normalized spacial score (nSPS) is 13.6. The lowest BCUT2D eigenvalue weighted by atomic mass is 9.81. The molecule has 0 spiro atoms. The van der Waals surface area contributed by atoms with Crippen LogP contribution in [-0.4, -0.2) is 42.3 Å². The number of carbonyl (C=O) groups is 2. The molecule has 1 aliphatic rings. The minimum Gasteiger partial charge on any atom is -0.491 e. The number of hydrogen-bond donors (Lipinski definition) is 3. The molecule has 9 heteroatoms. The van der Waals surface area contributed by atoms with Crippen LogP contribution in [0.3, 0.4) is 0 Å². The van der Waals surface area contributed by atoms with Crippen molar-refractivity contribution in [3.63, 3.8) is 0 Å². The van der Waals surface area contributed by atoms with Crippen LogP contribution in [-0.2, 0) is 9.53 Å². The number of nitrogens with one attached hydrogen (secondary N) is 1. The zero-order chi connectivity index (χ0) is 23.1. The zero-order valence-corrected chi connectivity index (χ0v) is 17.7. The van der Waals surface area contributed by atoms with Crippen molar-refractivity contribution in [3.8, 4) is 17.2 Å². The lowest BCUT2D eigenvalue weighted by Gasteiger charge is -2.32. The van der Waals surface area contributed by atoms with E-state index in [1.165, 1.54) is 6.08 Å². The molecule has 0 aliphatic carbocycles. The van der Waals surface area contributed by atoms with Crippen LogP contribution in [0.1, 0.15) is 25.5 Å². The second-order valence-corrected chi connectivity index (χ2v) is 7.58. The molecular weight excluding hydrogens is 418 g/mol. The second kappa shape index (κ2) is 10.1. The third-order valence-electron chi connectivity index (χ3n) is 4.73. The molecule has 1 aliphatic heterocycles. The summed E-state index contributed by atoms with van der Waals surface area (Å²) in [6.07, 6.45) is 0.810. The van der Waals surface area contributed by atoms with Crippen LogP contribution in [0.25, 0.3) is 0 Å². The number of rotatable bonds is 9. The number of aliphatic hydroxyl groups excluding tert-OH is 1. The molecule has 0 bridgehead atoms. The van der Waals surface area contributed by atoms with Crippen LogP contribution in [0.15, 0.2) is 54.6 Å². The SMILES string of the molecule is CC(C)(/C=C/C(=O)O)[C@H](OC(=O)Nc1ccc2c(c1)OCO2)c1ccccc1OCCO. The Morgan fingerprint density at radius 3 is 2.69 bits per heavy atom. The number of para-hydroxylation sites is 1. The van der Waals surface area contributed by atoms with Gasteiger partial charge in [-0.1, -0.05) is 38.1 Å². The highest BCUT2D eigenvalue weighted by molar-refractivity contribution is 5.85. The van der Waals surface area contributed by atoms with Gasteiger partial charge in [0.2, 0.25) is 6.79 Å². The Balaban J connectivity index is 1.87. The fraction of sp³-hybridized carbons (Fsp3) is 0.304. The van der Waals surface area contributed by atoms with Gasteiger partial charge in [-0.2, -0.15) is 0 Å². The summed E-state index contributed by atoms with van der Waals surface area (Å²) in [5.74, 6) is 0.384. The van der Waals surface area contributed by atoms with Crippen LogP contribution in [0, 0.1) is 5.41 Å². The monoisotopic (exact) mass is 443 g/mol. The fourth-order valence-corrected chi connectivity index (χ4v) is 3.20. The van der Waals surface area contributed by atoms with Crippen LogP contribution in [0.5, 0.6) is 17.2 Å². The average Bonchev–Trinajstić information content (AvgIpc) is 3.23. The first-order chi connectivity index (χ1) is 15.3. The summed E-state index contributed by atoms with van der Waals surface area (Å²) in [5.41, 5.74) is 0.0621. The van der Waals surface area contributed by atoms with Gasteiger partial charge in [-0.25, -0.2) is 9.59 Å². The van der Waals surface area contributed by atoms with Gasteiger partial charge in [0.15, 0.2) is 11.5 Å². The van der Waals surface area contributed by atoms with Gasteiger partial charge in [0.05, 0.1) is 6.61 Å². The van der Waals surface area contributed by atoms with E-state index < -0.39 is 23.6 Å². The molecule has 0 saturated carbocycles. The molecule has 3 N–H and O–H groups in total. The quantitative estimate of drug-likeness (QED) is 0.501. The number of aliphatic carboxylic acids is 1. The minimum atomic E-state index is -1.12. The van der Waals surface area contributed by atoms with E-state index in [-0.39, 0.29) is 20.0 Å². The zero-order valence-electron chi connectivity index (χ0n) is 17.7. The molecule has 1 heterocycles. The van der Waals surface area contributed by atoms with Gasteiger partial charge >= 0.3 is 12.1 Å². The van der Waals surface area contributed by atoms with Crippen molar-refractivity contribution in [2.45, 2.75) is 20.0 Å². The first-order valence-corrected chi connectivity index (χ1v) is 9.92. The Kier molecular flexibility index (Phi) is 7.21. The maximum absolute atomic E-state index is 12.8. The topological polar surface area (TPSA) is 124 Å². The van der Waals surface area contributed by atoms with Crippen molar-refractivity contribution in [1.82, 2.24) is 0 Å². The number of carboxylic acid groups (broad SMARTS) is 1. The molecule has 32 heavy (non-hydrogen) atoms. The average molecular weight is 443 g/mol. The number of benzene rings is 2. The number of amides is 1. The third kappa shape index (κ3) is 5.70. The Hall–Kier alpha value is -3.72. The molecular formula is C23H25NO8. The summed E-state index contributed by atoms with van der Waals surface area (Å²) in [5, 5.41) is 20.8. The minimum absolute atomic E-state index is 0.0541. The summed E-state index contributed by atoms with van der Waals surface area (Å²) < 4.78 is 22.0. The smallest absolute Gasteiger partial charge is 0.412 e. The molecule has 2 aromatic rings. The highest BCUT2D eigenvalue weighted by atomic mass is 16.7. The molecule has 1 amide bonds. The number of aliphatic hydroxyl groups is 1. The van der Waals surface area contributed by atoms with E-state index in [9.17, 15) is 9.59 Å². The Morgan fingerprint density at radius 2 is 1.94 bits per heavy atom. The van der Waals surface area contributed by atoms with Crippen molar-refractivity contribution < 1.29 is 38.7 Å². The van der Waals surface area contributed by atoms with Gasteiger partial charge in [-0.15, -0.1) is 0 Å². The summed E-state index contributed by atoms with van der Waals surface area (Å²) >= 11 is 0. The summed E-state index contributed by atoms with van der Waals surface area (Å²) in [4.78, 5) is 23.9. The van der Waals surface area contributed by atoms with Gasteiger partial charge in [0.25, 0.3) is 0 Å². The number of hydrogen-bond acceptors (Lipinski definition) is 7. The van der Waals surface area contributed by atoms with Gasteiger partial charge < -0.3 is 29.2 Å². The van der Waals surface area contributed by atoms with E-state index in [1.54, 1.807) is 56.3 Å². The van der Waals surface area contributed by atoms with E-state index in [0.717, 1.165) is 6.08 Å². The molecule has 0 fully saturated rings. The van der Waals surface area contributed by atoms with Crippen molar-refractivity contribution in [2.75, 3.05) is 25.3 Å². The number of ether oxygens (including phenoxy) is 4. The Morgan fingerprint density at radius 1 is 1.19 bits per heavy atom. The molecule has 0 radical (unpaired) electrons. The number of fused-ring (bicyclic) bond motifs is 1. The van der Waals surface area contributed by atoms with Crippen LogP contribution in [0.2, 0.25) is 0 Å². The summed E-state index contributed by atoms with van der Waals surface area (Å²) in [6.45, 7) is 3.47. The highest BCUT2D eigenvalue weighted by Gasteiger charge is 2.34. The van der Waals surface area contributed by atoms with E-state index in [2.05, 4.69) is 5.32 Å². The van der Waals surface area contributed by atoms with Crippen molar-refractivity contribution in [2.24, 2.45) is 5.41 Å². The predicted molar refractivity (Wildman–Crippen MR) is 115 cm³/mol. The number of anilines is 1. The van der Waals surface area contributed by atoms with Crippen LogP contribution < -0.4 is 19.5 Å². The van der Waals surface area contributed by atoms with Gasteiger partial charge in [0.1, 0.15) is 18.5 Å². The lowest BCUT2D eigenvalue weighted by molar-refractivity contribution is -0.131. The molecule has 3 rings (SSSR count). The molecule has 9 nitrogen and oxygen atoms in total. The van der Waals surface area contributed by atoms with Gasteiger partial charge in [0, 0.05) is 28.8 Å². The molecule has 0 saturated heterocycles. The van der Waals surface area contributed by atoms with Gasteiger partial charge in [-0.3, -0.25) is 5.32 Å². The largest absolute Gasteiger partial charge is 0.491 e. The maximum atomic E-state index is 12.8. The highest BCUT2D eigenvalue weighted by Crippen LogP contribution is 2.42. The Bertz CT molecular complexity index is 1000. The predicted octanol–water partition coefficient (Wildman–Crippen LogP) is 3.74. The van der Waals surface area contributed by atoms with Gasteiger partial charge in [-0.05, 0) is 18.2 Å². The fourth-order valence-electron chi connectivity index (χ4n) is 3.20. The van der Waals surface area contributed by atoms with Crippen LogP contribution >= 0.6 is 0 Å². The first-order valence-electron chi connectivity index (χ1n) is 9.92. The van der Waals surface area contributed by atoms with E-state index in [0.29, 0.717) is 28.5 Å². The number of carboxylic acids is 1. The van der Waals surface area contributed by atoms with E-state index in [4.69, 9.17) is 29.2 Å². The Labute approximate surface area is 185 Å². The van der Waals surface area contributed by atoms with Crippen LogP contribution in [0.4, 0.5) is 10.5 Å². The summed E-state index contributed by atoms with van der Waals surface area (Å²) in [7, 11) is 0. The number of carbonyl (C=O) groups excluding carboxylic acids is 1. The maximum Gasteiger partial charge on any atom is 0.412 e. The molecule has 170 valence electrons. The van der Waals surface area contributed by atoms with Crippen molar-refractivity contribution in [3.05, 3.63) is 60.2 Å². The molecule has 0 aromatic heterocycles. The lowest BCUT2D eigenvalue weighted by Crippen LogP contribution is -2.28. The van der Waals surface area contributed by atoms with E-state index >= 15 is 0 Å². The standard InChI is InChI=1S/C23H25NO8/c1-23(2,10-9-20(26)27)21(16-5-3-4-6-17(16)29-12-11-25)32-22(28)24-15-7-8-18-19(13-15)31-14-30-18/h3-10,13,21,25H,11-12,14H2,1-2H3,(H,24,28)(H,26,27)/b10-9+/t21-/m1/s1. The van der Waals surface area contributed by atoms with E-state index in [1.807, 2.05) is 0 Å². The second-order valence-electron chi connectivity index (χ2n) is 7.58. The van der Waals surface area contributed by atoms with Crippen molar-refractivity contribution >= 4 is 17.7 Å².